The van der Waals surface area contributed by atoms with Crippen molar-refractivity contribution < 1.29 is 19.4 Å². The molecule has 1 amide bonds. The van der Waals surface area contributed by atoms with Crippen molar-refractivity contribution in [1.29, 1.82) is 0 Å². The lowest BCUT2D eigenvalue weighted by Gasteiger charge is -2.22. The third kappa shape index (κ3) is 4.91. The zero-order valence-corrected chi connectivity index (χ0v) is 22.1. The number of nitrogens with one attached hydrogen (secondary N) is 1. The molecule has 0 aliphatic heterocycles. The summed E-state index contributed by atoms with van der Waals surface area (Å²) in [4.78, 5) is 38.5. The lowest BCUT2D eigenvalue weighted by molar-refractivity contribution is -0.117. The molecule has 0 spiro atoms. The van der Waals surface area contributed by atoms with Gasteiger partial charge in [0.05, 0.1) is 5.60 Å². The minimum atomic E-state index is -1.18. The predicted octanol–water partition coefficient (Wildman–Crippen LogP) is 4.50. The summed E-state index contributed by atoms with van der Waals surface area (Å²) >= 11 is 0. The minimum absolute atomic E-state index is 0.0595. The SMILES string of the molecule is C#CC(=O)n1cc(-c2cc(C(C)(C)O)ccc2Oc2c(C)cccc2C)c2c(c1=O)CC(C(=O)NCC)=C2. The largest absolute Gasteiger partial charge is 0.456 e. The summed E-state index contributed by atoms with van der Waals surface area (Å²) in [7, 11) is 0. The number of aliphatic hydroxyl groups is 1. The van der Waals surface area contributed by atoms with Gasteiger partial charge in [0.25, 0.3) is 5.56 Å². The van der Waals surface area contributed by atoms with Crippen molar-refractivity contribution in [3.8, 4) is 35.0 Å². The van der Waals surface area contributed by atoms with Crippen LogP contribution in [0, 0.1) is 26.2 Å². The fourth-order valence-electron chi connectivity index (χ4n) is 4.57. The normalized spacial score (nSPS) is 12.4. The number of benzene rings is 2. The van der Waals surface area contributed by atoms with Crippen LogP contribution < -0.4 is 15.6 Å². The zero-order valence-electron chi connectivity index (χ0n) is 22.1. The Balaban J connectivity index is 2.03. The third-order valence-electron chi connectivity index (χ3n) is 6.60. The summed E-state index contributed by atoms with van der Waals surface area (Å²) < 4.78 is 7.32. The molecule has 0 unspecified atom stereocenters. The molecule has 0 fully saturated rings. The number of hydrogen-bond acceptors (Lipinski definition) is 5. The molecule has 38 heavy (non-hydrogen) atoms. The van der Waals surface area contributed by atoms with Crippen LogP contribution in [0.2, 0.25) is 0 Å². The van der Waals surface area contributed by atoms with Gasteiger partial charge in [-0.3, -0.25) is 14.4 Å². The van der Waals surface area contributed by atoms with Gasteiger partial charge in [-0.05, 0) is 81.0 Å². The number of para-hydroxylation sites is 1. The molecular formula is C31H30N2O5. The number of amides is 1. The van der Waals surface area contributed by atoms with Crippen LogP contribution in [0.5, 0.6) is 11.5 Å². The van der Waals surface area contributed by atoms with Gasteiger partial charge in [0.15, 0.2) is 0 Å². The highest BCUT2D eigenvalue weighted by molar-refractivity contribution is 6.03. The summed E-state index contributed by atoms with van der Waals surface area (Å²) in [6.45, 7) is 9.46. The first kappa shape index (κ1) is 26.6. The molecule has 0 atom stereocenters. The van der Waals surface area contributed by atoms with Crippen LogP contribution >= 0.6 is 0 Å². The molecule has 1 aromatic heterocycles. The molecule has 0 radical (unpaired) electrons. The maximum Gasteiger partial charge on any atom is 0.309 e. The first-order valence-electron chi connectivity index (χ1n) is 12.4. The van der Waals surface area contributed by atoms with Gasteiger partial charge in [-0.15, -0.1) is 6.42 Å². The molecular weight excluding hydrogens is 480 g/mol. The van der Waals surface area contributed by atoms with E-state index in [0.29, 0.717) is 51.4 Å². The molecule has 3 aromatic rings. The molecule has 194 valence electrons. The van der Waals surface area contributed by atoms with Crippen molar-refractivity contribution in [2.24, 2.45) is 0 Å². The second kappa shape index (κ2) is 10.2. The van der Waals surface area contributed by atoms with E-state index in [-0.39, 0.29) is 12.3 Å². The van der Waals surface area contributed by atoms with E-state index >= 15 is 0 Å². The number of terminal acetylenes is 1. The minimum Gasteiger partial charge on any atom is -0.456 e. The summed E-state index contributed by atoms with van der Waals surface area (Å²) in [6.07, 6.45) is 8.49. The number of aromatic nitrogens is 1. The lowest BCUT2D eigenvalue weighted by atomic mass is 9.92. The highest BCUT2D eigenvalue weighted by Crippen LogP contribution is 2.41. The quantitative estimate of drug-likeness (QED) is 0.476. The Labute approximate surface area is 221 Å². The first-order chi connectivity index (χ1) is 18.0. The van der Waals surface area contributed by atoms with Crippen LogP contribution in [0.1, 0.15) is 53.4 Å². The average Bonchev–Trinajstić information content (AvgIpc) is 3.32. The standard InChI is InChI=1S/C31H30N2O5/c1-7-27(34)33-17-25(22-14-20(29(35)32-8-2)15-24(22)30(33)36)23-16-21(31(5,6)37)12-13-26(23)38-28-18(3)10-9-11-19(28)4/h1,9-14,16-17,37H,8,15H2,2-6H3,(H,32,35). The second-order valence-electron chi connectivity index (χ2n) is 9.86. The van der Waals surface area contributed by atoms with E-state index in [1.165, 1.54) is 6.20 Å². The Morgan fingerprint density at radius 2 is 1.84 bits per heavy atom. The van der Waals surface area contributed by atoms with Gasteiger partial charge in [-0.25, -0.2) is 4.57 Å². The Morgan fingerprint density at radius 1 is 1.16 bits per heavy atom. The molecule has 7 nitrogen and oxygen atoms in total. The van der Waals surface area contributed by atoms with Crippen molar-refractivity contribution in [1.82, 2.24) is 9.88 Å². The number of likely N-dealkylation sites (N-methyl/N-ethyl adjacent to an activating group) is 1. The van der Waals surface area contributed by atoms with E-state index in [2.05, 4.69) is 5.32 Å². The van der Waals surface area contributed by atoms with Gasteiger partial charge in [0.2, 0.25) is 5.91 Å². The van der Waals surface area contributed by atoms with Crippen LogP contribution in [-0.4, -0.2) is 28.0 Å². The number of rotatable bonds is 6. The number of carbonyl (C=O) groups excluding carboxylic acids is 2. The van der Waals surface area contributed by atoms with Crippen LogP contribution in [0.4, 0.5) is 0 Å². The Hall–Kier alpha value is -4.41. The van der Waals surface area contributed by atoms with E-state index in [1.807, 2.05) is 44.9 Å². The fraction of sp³-hybridized carbons (Fsp3) is 0.258. The monoisotopic (exact) mass is 510 g/mol. The Bertz CT molecular complexity index is 1580. The number of ether oxygens (including phenoxy) is 1. The van der Waals surface area contributed by atoms with Crippen LogP contribution in [0.25, 0.3) is 17.2 Å². The third-order valence-corrected chi connectivity index (χ3v) is 6.60. The molecule has 7 heteroatoms. The first-order valence-corrected chi connectivity index (χ1v) is 12.4. The lowest BCUT2D eigenvalue weighted by Crippen LogP contribution is -2.29. The number of nitrogens with zero attached hydrogens (tertiary/aromatic N) is 1. The van der Waals surface area contributed by atoms with Gasteiger partial charge in [-0.2, -0.15) is 0 Å². The smallest absolute Gasteiger partial charge is 0.309 e. The Kier molecular flexibility index (Phi) is 7.12. The van der Waals surface area contributed by atoms with E-state index < -0.39 is 17.1 Å². The highest BCUT2D eigenvalue weighted by Gasteiger charge is 2.28. The topological polar surface area (TPSA) is 97.6 Å². The molecule has 1 aliphatic rings. The van der Waals surface area contributed by atoms with Gasteiger partial charge in [0.1, 0.15) is 11.5 Å². The summed E-state index contributed by atoms with van der Waals surface area (Å²) in [5.74, 6) is 2.03. The molecule has 0 saturated carbocycles. The van der Waals surface area contributed by atoms with Crippen molar-refractivity contribution in [2.75, 3.05) is 6.54 Å². The van der Waals surface area contributed by atoms with Gasteiger partial charge >= 0.3 is 5.91 Å². The van der Waals surface area contributed by atoms with Crippen LogP contribution in [0.3, 0.4) is 0 Å². The molecule has 0 bridgehead atoms. The van der Waals surface area contributed by atoms with Crippen molar-refractivity contribution in [3.63, 3.8) is 0 Å². The van der Waals surface area contributed by atoms with Crippen molar-refractivity contribution in [3.05, 3.63) is 86.3 Å². The summed E-state index contributed by atoms with van der Waals surface area (Å²) in [5, 5.41) is 13.5. The second-order valence-corrected chi connectivity index (χ2v) is 9.86. The highest BCUT2D eigenvalue weighted by atomic mass is 16.5. The van der Waals surface area contributed by atoms with Gasteiger partial charge in [-0.1, -0.05) is 24.3 Å². The Morgan fingerprint density at radius 3 is 2.45 bits per heavy atom. The number of aryl methyl sites for hydroxylation is 2. The van der Waals surface area contributed by atoms with E-state index in [1.54, 1.807) is 38.1 Å². The molecule has 1 heterocycles. The fourth-order valence-corrected chi connectivity index (χ4v) is 4.57. The van der Waals surface area contributed by atoms with Crippen molar-refractivity contribution in [2.45, 2.75) is 46.6 Å². The number of pyridine rings is 1. The molecule has 1 aliphatic carbocycles. The van der Waals surface area contributed by atoms with E-state index in [9.17, 15) is 19.5 Å². The van der Waals surface area contributed by atoms with E-state index in [0.717, 1.165) is 15.7 Å². The predicted molar refractivity (Wildman–Crippen MR) is 147 cm³/mol. The molecule has 2 N–H and O–H groups in total. The average molecular weight is 511 g/mol. The van der Waals surface area contributed by atoms with Gasteiger partial charge in [0, 0.05) is 41.4 Å². The summed E-state index contributed by atoms with van der Waals surface area (Å²) in [6, 6.07) is 11.1. The zero-order chi connectivity index (χ0) is 27.8. The van der Waals surface area contributed by atoms with Crippen LogP contribution in [0.15, 0.2) is 53.0 Å². The maximum atomic E-state index is 13.3. The number of carbonyl (C=O) groups is 2. The molecule has 4 rings (SSSR count). The molecule has 2 aromatic carbocycles. The van der Waals surface area contributed by atoms with E-state index in [4.69, 9.17) is 11.2 Å². The molecule has 0 saturated heterocycles. The van der Waals surface area contributed by atoms with Crippen molar-refractivity contribution >= 4 is 17.9 Å². The number of hydrogen-bond donors (Lipinski definition) is 2. The maximum absolute atomic E-state index is 13.3. The number of fused-ring (bicyclic) bond motifs is 1. The summed E-state index contributed by atoms with van der Waals surface area (Å²) in [5.41, 5.74) is 2.93. The van der Waals surface area contributed by atoms with Gasteiger partial charge < -0.3 is 15.2 Å². The van der Waals surface area contributed by atoms with Crippen LogP contribution in [-0.2, 0) is 16.8 Å².